The first-order valence-corrected chi connectivity index (χ1v) is 15.8. The van der Waals surface area contributed by atoms with E-state index >= 15 is 0 Å². The molecular formula is C33H60O4. The largest absolute Gasteiger partial charge is 0.428 e. The molecule has 4 nitrogen and oxygen atoms in total. The number of carbonyl (C=O) groups is 2. The molecule has 216 valence electrons. The Labute approximate surface area is 230 Å². The summed E-state index contributed by atoms with van der Waals surface area (Å²) in [7, 11) is 0. The molecule has 0 saturated heterocycles. The lowest BCUT2D eigenvalue weighted by Gasteiger charge is -2.06. The Hall–Kier alpha value is -1.58. The van der Waals surface area contributed by atoms with Crippen LogP contribution in [0, 0.1) is 0 Å². The number of hydrogen-bond acceptors (Lipinski definition) is 4. The van der Waals surface area contributed by atoms with Crippen LogP contribution in [0.3, 0.4) is 0 Å². The van der Waals surface area contributed by atoms with Crippen molar-refractivity contribution < 1.29 is 19.1 Å². The van der Waals surface area contributed by atoms with Crippen LogP contribution >= 0.6 is 0 Å². The minimum absolute atomic E-state index is 0.242. The third-order valence-electron chi connectivity index (χ3n) is 6.71. The van der Waals surface area contributed by atoms with Gasteiger partial charge >= 0.3 is 11.9 Å². The number of esters is 2. The van der Waals surface area contributed by atoms with E-state index in [0.717, 1.165) is 38.5 Å². The van der Waals surface area contributed by atoms with Gasteiger partial charge in [-0.15, -0.1) is 0 Å². The molecule has 0 unspecified atom stereocenters. The van der Waals surface area contributed by atoms with E-state index in [-0.39, 0.29) is 18.7 Å². The predicted octanol–water partition coefficient (Wildman–Crippen LogP) is 10.5. The first kappa shape index (κ1) is 35.4. The molecule has 0 aromatic rings. The summed E-state index contributed by atoms with van der Waals surface area (Å²) in [5.41, 5.74) is 0. The van der Waals surface area contributed by atoms with Crippen LogP contribution in [-0.2, 0) is 19.1 Å². The zero-order chi connectivity index (χ0) is 27.1. The van der Waals surface area contributed by atoms with E-state index in [1.54, 1.807) is 0 Å². The van der Waals surface area contributed by atoms with Crippen molar-refractivity contribution in [1.29, 1.82) is 0 Å². The molecule has 0 aliphatic rings. The lowest BCUT2D eigenvalue weighted by molar-refractivity contribution is -0.167. The molecule has 0 radical (unpaired) electrons. The molecule has 0 aliphatic carbocycles. The Bertz CT molecular complexity index is 553. The van der Waals surface area contributed by atoms with Crippen LogP contribution in [0.4, 0.5) is 0 Å². The molecule has 4 heteroatoms. The van der Waals surface area contributed by atoms with Gasteiger partial charge in [0.25, 0.3) is 0 Å². The predicted molar refractivity (Wildman–Crippen MR) is 157 cm³/mol. The molecule has 0 saturated carbocycles. The van der Waals surface area contributed by atoms with Crippen LogP contribution in [0.25, 0.3) is 0 Å². The second kappa shape index (κ2) is 30.6. The molecule has 0 atom stereocenters. The highest BCUT2D eigenvalue weighted by Gasteiger charge is 2.06. The van der Waals surface area contributed by atoms with Gasteiger partial charge < -0.3 is 9.47 Å². The van der Waals surface area contributed by atoms with Gasteiger partial charge in [-0.1, -0.05) is 122 Å². The monoisotopic (exact) mass is 520 g/mol. The van der Waals surface area contributed by atoms with Crippen LogP contribution in [0.1, 0.15) is 168 Å². The summed E-state index contributed by atoms with van der Waals surface area (Å²) >= 11 is 0. The van der Waals surface area contributed by atoms with Gasteiger partial charge in [-0.25, -0.2) is 0 Å². The van der Waals surface area contributed by atoms with Crippen LogP contribution < -0.4 is 0 Å². The van der Waals surface area contributed by atoms with E-state index in [9.17, 15) is 9.59 Å². The van der Waals surface area contributed by atoms with E-state index < -0.39 is 0 Å². The average Bonchev–Trinajstić information content (AvgIpc) is 2.89. The minimum Gasteiger partial charge on any atom is -0.428 e. The molecule has 0 rings (SSSR count). The van der Waals surface area contributed by atoms with Gasteiger partial charge in [0.1, 0.15) is 0 Å². The molecule has 0 bridgehead atoms. The van der Waals surface area contributed by atoms with E-state index in [4.69, 9.17) is 9.47 Å². The summed E-state index contributed by atoms with van der Waals surface area (Å²) in [5, 5.41) is 0. The topological polar surface area (TPSA) is 52.6 Å². The SMILES string of the molecule is CCC/C=C\CCCCCCCCC(=O)OCOC(=O)CCCCCCC/C=C\CCCCCCCC. The third-order valence-corrected chi connectivity index (χ3v) is 6.71. The Morgan fingerprint density at radius 3 is 1.19 bits per heavy atom. The summed E-state index contributed by atoms with van der Waals surface area (Å²) in [6.45, 7) is 4.22. The number of carbonyl (C=O) groups excluding carboxylic acids is 2. The molecular weight excluding hydrogens is 460 g/mol. The standard InChI is InChI=1S/C33H60O4/c1-3-5-7-9-11-13-15-16-17-18-20-22-24-26-28-30-33(35)37-31-36-32(34)29-27-25-23-21-19-14-12-10-8-6-4-2/h8,10,16-17H,3-7,9,11-15,18-31H2,1-2H3/b10-8-,17-16-. The zero-order valence-electron chi connectivity index (χ0n) is 24.6. The second-order valence-electron chi connectivity index (χ2n) is 10.4. The third kappa shape index (κ3) is 30.5. The lowest BCUT2D eigenvalue weighted by atomic mass is 10.1. The molecule has 0 amide bonds. The Kier molecular flexibility index (Phi) is 29.3. The molecule has 0 aromatic heterocycles. The second-order valence-corrected chi connectivity index (χ2v) is 10.4. The summed E-state index contributed by atoms with van der Waals surface area (Å²) < 4.78 is 10.1. The molecule has 0 aromatic carbocycles. The van der Waals surface area contributed by atoms with Crippen LogP contribution in [-0.4, -0.2) is 18.7 Å². The lowest BCUT2D eigenvalue weighted by Crippen LogP contribution is -2.12. The quantitative estimate of drug-likeness (QED) is 0.0445. The Morgan fingerprint density at radius 1 is 0.432 bits per heavy atom. The van der Waals surface area contributed by atoms with E-state index in [1.165, 1.54) is 103 Å². The fourth-order valence-electron chi connectivity index (χ4n) is 4.29. The van der Waals surface area contributed by atoms with E-state index in [2.05, 4.69) is 38.2 Å². The maximum atomic E-state index is 11.8. The number of ether oxygens (including phenoxy) is 2. The summed E-state index contributed by atoms with van der Waals surface area (Å²) in [6.07, 6.45) is 36.5. The van der Waals surface area contributed by atoms with Crippen molar-refractivity contribution in [2.24, 2.45) is 0 Å². The smallest absolute Gasteiger partial charge is 0.308 e. The zero-order valence-corrected chi connectivity index (χ0v) is 24.6. The fourth-order valence-corrected chi connectivity index (χ4v) is 4.29. The highest BCUT2D eigenvalue weighted by Crippen LogP contribution is 2.11. The van der Waals surface area contributed by atoms with Gasteiger partial charge in [-0.2, -0.15) is 0 Å². The van der Waals surface area contributed by atoms with Crippen molar-refractivity contribution >= 4 is 11.9 Å². The number of rotatable bonds is 28. The normalized spacial score (nSPS) is 11.5. The highest BCUT2D eigenvalue weighted by molar-refractivity contribution is 5.70. The van der Waals surface area contributed by atoms with Gasteiger partial charge in [0.05, 0.1) is 0 Å². The van der Waals surface area contributed by atoms with Gasteiger partial charge in [0.2, 0.25) is 6.79 Å². The summed E-state index contributed by atoms with van der Waals surface area (Å²) in [6, 6.07) is 0. The maximum absolute atomic E-state index is 11.8. The first-order chi connectivity index (χ1) is 18.2. The molecule has 0 N–H and O–H groups in total. The van der Waals surface area contributed by atoms with Gasteiger partial charge in [-0.05, 0) is 57.8 Å². The van der Waals surface area contributed by atoms with Crippen molar-refractivity contribution in [2.75, 3.05) is 6.79 Å². The van der Waals surface area contributed by atoms with Crippen LogP contribution in [0.5, 0.6) is 0 Å². The first-order valence-electron chi connectivity index (χ1n) is 15.8. The number of hydrogen-bond donors (Lipinski definition) is 0. The molecule has 37 heavy (non-hydrogen) atoms. The summed E-state index contributed by atoms with van der Waals surface area (Å²) in [4.78, 5) is 23.6. The van der Waals surface area contributed by atoms with Crippen molar-refractivity contribution in [2.45, 2.75) is 168 Å². The van der Waals surface area contributed by atoms with Gasteiger partial charge in [0.15, 0.2) is 0 Å². The van der Waals surface area contributed by atoms with Crippen LogP contribution in [0.15, 0.2) is 24.3 Å². The number of allylic oxidation sites excluding steroid dienone is 4. The van der Waals surface area contributed by atoms with E-state index in [0.29, 0.717) is 12.8 Å². The average molecular weight is 521 g/mol. The summed E-state index contributed by atoms with van der Waals surface area (Å²) in [5.74, 6) is -0.537. The van der Waals surface area contributed by atoms with Gasteiger partial charge in [0, 0.05) is 12.8 Å². The Balaban J connectivity index is 3.35. The number of unbranched alkanes of at least 4 members (excludes halogenated alkanes) is 18. The Morgan fingerprint density at radius 2 is 0.784 bits per heavy atom. The van der Waals surface area contributed by atoms with E-state index in [1.807, 2.05) is 0 Å². The van der Waals surface area contributed by atoms with Crippen molar-refractivity contribution in [3.8, 4) is 0 Å². The van der Waals surface area contributed by atoms with Crippen molar-refractivity contribution in [3.05, 3.63) is 24.3 Å². The fraction of sp³-hybridized carbons (Fsp3) is 0.818. The van der Waals surface area contributed by atoms with Crippen LogP contribution in [0.2, 0.25) is 0 Å². The molecule has 0 aliphatic heterocycles. The maximum Gasteiger partial charge on any atom is 0.308 e. The molecule has 0 fully saturated rings. The van der Waals surface area contributed by atoms with Crippen molar-refractivity contribution in [1.82, 2.24) is 0 Å². The molecule has 0 heterocycles. The van der Waals surface area contributed by atoms with Crippen molar-refractivity contribution in [3.63, 3.8) is 0 Å². The minimum atomic E-state index is -0.269. The molecule has 0 spiro atoms. The highest BCUT2D eigenvalue weighted by atomic mass is 16.7. The van der Waals surface area contributed by atoms with Gasteiger partial charge in [-0.3, -0.25) is 9.59 Å².